The molecule has 1 saturated heterocycles. The van der Waals surface area contributed by atoms with Crippen LogP contribution in [-0.2, 0) is 4.74 Å². The predicted molar refractivity (Wildman–Crippen MR) is 78.5 cm³/mol. The Kier molecular flexibility index (Phi) is 3.93. The van der Waals surface area contributed by atoms with E-state index >= 15 is 0 Å². The number of hydrogen-bond donors (Lipinski definition) is 2. The SMILES string of the molecule is Cc1[nH]nc(C(=O)N(C)C[C@H]2OCC[C@H]2c2ncn[nH]2)c1C. The van der Waals surface area contributed by atoms with Crippen LogP contribution < -0.4 is 0 Å². The van der Waals surface area contributed by atoms with E-state index in [1.54, 1.807) is 11.9 Å². The zero-order valence-electron chi connectivity index (χ0n) is 13.0. The van der Waals surface area contributed by atoms with Gasteiger partial charge < -0.3 is 9.64 Å². The molecule has 2 atom stereocenters. The second kappa shape index (κ2) is 5.88. The van der Waals surface area contributed by atoms with Gasteiger partial charge in [0.15, 0.2) is 5.69 Å². The molecule has 1 aliphatic rings. The van der Waals surface area contributed by atoms with Crippen LogP contribution in [0.15, 0.2) is 6.33 Å². The molecule has 1 aliphatic heterocycles. The summed E-state index contributed by atoms with van der Waals surface area (Å²) >= 11 is 0. The van der Waals surface area contributed by atoms with Crippen LogP contribution in [0.5, 0.6) is 0 Å². The molecule has 0 aliphatic carbocycles. The van der Waals surface area contributed by atoms with Gasteiger partial charge in [0.25, 0.3) is 5.91 Å². The molecule has 0 spiro atoms. The maximum atomic E-state index is 12.5. The molecule has 3 rings (SSSR count). The van der Waals surface area contributed by atoms with E-state index in [0.717, 1.165) is 23.5 Å². The average Bonchev–Trinajstić information content (AvgIpc) is 3.21. The Hall–Kier alpha value is -2.22. The topological polar surface area (TPSA) is 99.8 Å². The van der Waals surface area contributed by atoms with Gasteiger partial charge in [-0.15, -0.1) is 0 Å². The number of carbonyl (C=O) groups excluding carboxylic acids is 1. The van der Waals surface area contributed by atoms with Gasteiger partial charge in [0.1, 0.15) is 12.2 Å². The fourth-order valence-corrected chi connectivity index (χ4v) is 2.76. The van der Waals surface area contributed by atoms with Crippen LogP contribution in [0.2, 0.25) is 0 Å². The first kappa shape index (κ1) is 14.7. The first-order valence-corrected chi connectivity index (χ1v) is 7.31. The Balaban J connectivity index is 1.69. The molecule has 8 nitrogen and oxygen atoms in total. The molecule has 2 aromatic heterocycles. The monoisotopic (exact) mass is 304 g/mol. The van der Waals surface area contributed by atoms with E-state index in [0.29, 0.717) is 18.8 Å². The van der Waals surface area contributed by atoms with Crippen molar-refractivity contribution in [3.8, 4) is 0 Å². The zero-order chi connectivity index (χ0) is 15.7. The molecular formula is C14H20N6O2. The van der Waals surface area contributed by atoms with Gasteiger partial charge in [0.2, 0.25) is 0 Å². The fraction of sp³-hybridized carbons (Fsp3) is 0.571. The summed E-state index contributed by atoms with van der Waals surface area (Å²) in [7, 11) is 1.77. The number of H-pyrrole nitrogens is 2. The summed E-state index contributed by atoms with van der Waals surface area (Å²) in [5.41, 5.74) is 2.26. The third-order valence-corrected chi connectivity index (χ3v) is 4.25. The van der Waals surface area contributed by atoms with E-state index in [4.69, 9.17) is 4.74 Å². The Labute approximate surface area is 128 Å². The van der Waals surface area contributed by atoms with E-state index in [2.05, 4.69) is 25.4 Å². The van der Waals surface area contributed by atoms with Crippen molar-refractivity contribution in [1.29, 1.82) is 0 Å². The van der Waals surface area contributed by atoms with Crippen LogP contribution in [0.1, 0.15) is 39.9 Å². The van der Waals surface area contributed by atoms with E-state index in [-0.39, 0.29) is 17.9 Å². The molecule has 2 aromatic rings. The maximum absolute atomic E-state index is 12.5. The summed E-state index contributed by atoms with van der Waals surface area (Å²) < 4.78 is 5.77. The van der Waals surface area contributed by atoms with Gasteiger partial charge in [-0.3, -0.25) is 15.0 Å². The summed E-state index contributed by atoms with van der Waals surface area (Å²) in [5, 5.41) is 13.7. The minimum atomic E-state index is -0.103. The lowest BCUT2D eigenvalue weighted by Gasteiger charge is -2.23. The molecule has 22 heavy (non-hydrogen) atoms. The quantitative estimate of drug-likeness (QED) is 0.870. The Bertz CT molecular complexity index is 650. The molecule has 0 bridgehead atoms. The summed E-state index contributed by atoms with van der Waals surface area (Å²) in [6.07, 6.45) is 2.29. The van der Waals surface area contributed by atoms with Gasteiger partial charge in [-0.2, -0.15) is 10.2 Å². The number of nitrogens with one attached hydrogen (secondary N) is 2. The number of likely N-dealkylation sites (N-methyl/N-ethyl adjacent to an activating group) is 1. The highest BCUT2D eigenvalue weighted by Crippen LogP contribution is 2.29. The van der Waals surface area contributed by atoms with Crippen LogP contribution >= 0.6 is 0 Å². The van der Waals surface area contributed by atoms with Gasteiger partial charge in [-0.05, 0) is 20.3 Å². The van der Waals surface area contributed by atoms with Crippen LogP contribution in [0.25, 0.3) is 0 Å². The molecule has 1 fully saturated rings. The van der Waals surface area contributed by atoms with Crippen LogP contribution in [0.4, 0.5) is 0 Å². The predicted octanol–water partition coefficient (Wildman–Crippen LogP) is 0.789. The largest absolute Gasteiger partial charge is 0.376 e. The molecule has 8 heteroatoms. The van der Waals surface area contributed by atoms with E-state index < -0.39 is 0 Å². The second-order valence-corrected chi connectivity index (χ2v) is 5.68. The highest BCUT2D eigenvalue weighted by molar-refractivity contribution is 5.93. The summed E-state index contributed by atoms with van der Waals surface area (Å²) in [6.45, 7) is 4.95. The standard InChI is InChI=1S/C14H20N6O2/c1-8-9(2)17-18-12(8)14(21)20(3)6-11-10(4-5-22-11)13-15-7-16-19-13/h7,10-11H,4-6H2,1-3H3,(H,17,18)(H,15,16,19)/t10-,11-/m1/s1. The van der Waals surface area contributed by atoms with Crippen LogP contribution in [0.3, 0.4) is 0 Å². The van der Waals surface area contributed by atoms with Crippen LogP contribution in [-0.4, -0.2) is 62.5 Å². The van der Waals surface area contributed by atoms with Gasteiger partial charge in [0, 0.05) is 37.4 Å². The number of aromatic nitrogens is 5. The molecule has 0 aromatic carbocycles. The average molecular weight is 304 g/mol. The number of hydrogen-bond acceptors (Lipinski definition) is 5. The summed E-state index contributed by atoms with van der Waals surface area (Å²) in [5.74, 6) is 0.851. The number of aryl methyl sites for hydroxylation is 1. The minimum absolute atomic E-state index is 0.0813. The van der Waals surface area contributed by atoms with E-state index in [1.807, 2.05) is 13.8 Å². The Morgan fingerprint density at radius 2 is 2.27 bits per heavy atom. The molecule has 0 unspecified atom stereocenters. The highest BCUT2D eigenvalue weighted by Gasteiger charge is 2.34. The van der Waals surface area contributed by atoms with Gasteiger partial charge in [-0.1, -0.05) is 0 Å². The molecule has 0 radical (unpaired) electrons. The number of carbonyl (C=O) groups is 1. The molecular weight excluding hydrogens is 284 g/mol. The maximum Gasteiger partial charge on any atom is 0.274 e. The van der Waals surface area contributed by atoms with Crippen molar-refractivity contribution in [2.75, 3.05) is 20.2 Å². The lowest BCUT2D eigenvalue weighted by Crippen LogP contribution is -2.37. The lowest BCUT2D eigenvalue weighted by molar-refractivity contribution is 0.0545. The first-order valence-electron chi connectivity index (χ1n) is 7.31. The molecule has 2 N–H and O–H groups in total. The van der Waals surface area contributed by atoms with Gasteiger partial charge in [0.05, 0.1) is 6.10 Å². The van der Waals surface area contributed by atoms with E-state index in [1.165, 1.54) is 6.33 Å². The van der Waals surface area contributed by atoms with Crippen molar-refractivity contribution in [2.24, 2.45) is 0 Å². The third-order valence-electron chi connectivity index (χ3n) is 4.25. The van der Waals surface area contributed by atoms with Crippen molar-refractivity contribution in [2.45, 2.75) is 32.3 Å². The first-order chi connectivity index (χ1) is 10.6. The minimum Gasteiger partial charge on any atom is -0.376 e. The molecule has 1 amide bonds. The van der Waals surface area contributed by atoms with Crippen LogP contribution in [0, 0.1) is 13.8 Å². The molecule has 0 saturated carbocycles. The van der Waals surface area contributed by atoms with E-state index in [9.17, 15) is 4.79 Å². The third kappa shape index (κ3) is 2.61. The van der Waals surface area contributed by atoms with Crippen molar-refractivity contribution in [3.63, 3.8) is 0 Å². The normalized spacial score (nSPS) is 21.2. The van der Waals surface area contributed by atoms with Crippen molar-refractivity contribution in [1.82, 2.24) is 30.3 Å². The molecule has 118 valence electrons. The second-order valence-electron chi connectivity index (χ2n) is 5.68. The summed E-state index contributed by atoms with van der Waals surface area (Å²) in [4.78, 5) is 18.4. The zero-order valence-corrected chi connectivity index (χ0v) is 13.0. The highest BCUT2D eigenvalue weighted by atomic mass is 16.5. The number of nitrogens with zero attached hydrogens (tertiary/aromatic N) is 4. The molecule has 3 heterocycles. The van der Waals surface area contributed by atoms with Crippen molar-refractivity contribution < 1.29 is 9.53 Å². The van der Waals surface area contributed by atoms with Gasteiger partial charge in [-0.25, -0.2) is 4.98 Å². The van der Waals surface area contributed by atoms with Crippen molar-refractivity contribution >= 4 is 5.91 Å². The number of ether oxygens (including phenoxy) is 1. The number of amides is 1. The lowest BCUT2D eigenvalue weighted by atomic mass is 10.0. The fourth-order valence-electron chi connectivity index (χ4n) is 2.76. The summed E-state index contributed by atoms with van der Waals surface area (Å²) in [6, 6.07) is 0. The Morgan fingerprint density at radius 3 is 2.91 bits per heavy atom. The smallest absolute Gasteiger partial charge is 0.274 e. The van der Waals surface area contributed by atoms with Crippen molar-refractivity contribution in [3.05, 3.63) is 29.1 Å². The van der Waals surface area contributed by atoms with Gasteiger partial charge >= 0.3 is 0 Å². The number of aromatic amines is 2. The Morgan fingerprint density at radius 1 is 1.45 bits per heavy atom. The number of rotatable bonds is 4.